The van der Waals surface area contributed by atoms with E-state index in [9.17, 15) is 14.4 Å². The van der Waals surface area contributed by atoms with Crippen LogP contribution in [0.4, 0.5) is 5.69 Å². The van der Waals surface area contributed by atoms with E-state index in [-0.39, 0.29) is 18.5 Å². The zero-order chi connectivity index (χ0) is 20.1. The highest BCUT2D eigenvalue weighted by Crippen LogP contribution is 2.10. The molecule has 1 aromatic heterocycles. The smallest absolute Gasteiger partial charge is 0.308 e. The van der Waals surface area contributed by atoms with Gasteiger partial charge in [0.25, 0.3) is 11.5 Å². The Morgan fingerprint density at radius 2 is 1.96 bits per heavy atom. The molecule has 1 amide bonds. The zero-order valence-corrected chi connectivity index (χ0v) is 15.6. The van der Waals surface area contributed by atoms with Crippen LogP contribution < -0.4 is 10.9 Å². The fourth-order valence-electron chi connectivity index (χ4n) is 2.64. The molecule has 0 spiro atoms. The van der Waals surface area contributed by atoms with Gasteiger partial charge in [-0.15, -0.1) is 5.10 Å². The van der Waals surface area contributed by atoms with Crippen LogP contribution in [0.1, 0.15) is 18.9 Å². The number of aromatic nitrogens is 3. The first-order chi connectivity index (χ1) is 13.4. The predicted molar refractivity (Wildman–Crippen MR) is 104 cm³/mol. The average Bonchev–Trinajstić information content (AvgIpc) is 2.67. The Morgan fingerprint density at radius 3 is 2.75 bits per heavy atom. The predicted octanol–water partition coefficient (Wildman–Crippen LogP) is 2.06. The first-order valence-electron chi connectivity index (χ1n) is 8.83. The van der Waals surface area contributed by atoms with E-state index >= 15 is 0 Å². The number of amides is 1. The van der Waals surface area contributed by atoms with Gasteiger partial charge in [-0.1, -0.05) is 29.5 Å². The molecule has 0 fully saturated rings. The molecule has 1 unspecified atom stereocenters. The van der Waals surface area contributed by atoms with Crippen LogP contribution in [-0.4, -0.2) is 33.0 Å². The monoisotopic (exact) mass is 380 g/mol. The van der Waals surface area contributed by atoms with Gasteiger partial charge in [0.2, 0.25) is 0 Å². The maximum absolute atomic E-state index is 12.3. The molecule has 144 valence electrons. The van der Waals surface area contributed by atoms with Crippen LogP contribution in [0.2, 0.25) is 0 Å². The molecule has 0 saturated heterocycles. The SMILES string of the molecule is Cc1cccc(NC(=O)C(C)OC(=O)CCn2nnc3ccccc3c2=O)c1. The number of anilines is 1. The van der Waals surface area contributed by atoms with Crippen LogP contribution in [0.15, 0.2) is 53.3 Å². The van der Waals surface area contributed by atoms with Gasteiger partial charge in [0, 0.05) is 5.69 Å². The Morgan fingerprint density at radius 1 is 1.18 bits per heavy atom. The molecular formula is C20H20N4O4. The third-order valence-corrected chi connectivity index (χ3v) is 4.12. The van der Waals surface area contributed by atoms with Crippen LogP contribution >= 0.6 is 0 Å². The second-order valence-electron chi connectivity index (χ2n) is 6.38. The van der Waals surface area contributed by atoms with Gasteiger partial charge in [-0.05, 0) is 43.7 Å². The van der Waals surface area contributed by atoms with Crippen molar-refractivity contribution in [1.29, 1.82) is 0 Å². The highest BCUT2D eigenvalue weighted by molar-refractivity contribution is 5.95. The Bertz CT molecular complexity index is 1080. The molecule has 3 aromatic rings. The van der Waals surface area contributed by atoms with E-state index < -0.39 is 18.0 Å². The summed E-state index contributed by atoms with van der Waals surface area (Å²) in [7, 11) is 0. The highest BCUT2D eigenvalue weighted by atomic mass is 16.5. The summed E-state index contributed by atoms with van der Waals surface area (Å²) in [5.74, 6) is -1.03. The van der Waals surface area contributed by atoms with Gasteiger partial charge in [0.15, 0.2) is 6.10 Å². The fraction of sp³-hybridized carbons (Fsp3) is 0.250. The molecule has 8 nitrogen and oxygen atoms in total. The minimum Gasteiger partial charge on any atom is -0.452 e. The number of hydrogen-bond acceptors (Lipinski definition) is 6. The summed E-state index contributed by atoms with van der Waals surface area (Å²) < 4.78 is 6.26. The largest absolute Gasteiger partial charge is 0.452 e. The quantitative estimate of drug-likeness (QED) is 0.657. The van der Waals surface area contributed by atoms with Gasteiger partial charge >= 0.3 is 5.97 Å². The van der Waals surface area contributed by atoms with Crippen LogP contribution in [0.3, 0.4) is 0 Å². The summed E-state index contributed by atoms with van der Waals surface area (Å²) in [5.41, 5.74) is 1.80. The number of fused-ring (bicyclic) bond motifs is 1. The van der Waals surface area contributed by atoms with Gasteiger partial charge in [0.05, 0.1) is 18.4 Å². The van der Waals surface area contributed by atoms with E-state index in [2.05, 4.69) is 15.6 Å². The summed E-state index contributed by atoms with van der Waals surface area (Å²) in [5, 5.41) is 10.9. The van der Waals surface area contributed by atoms with Crippen molar-refractivity contribution in [2.24, 2.45) is 0 Å². The minimum atomic E-state index is -0.965. The number of esters is 1. The fourth-order valence-corrected chi connectivity index (χ4v) is 2.64. The van der Waals surface area contributed by atoms with E-state index in [0.717, 1.165) is 10.2 Å². The lowest BCUT2D eigenvalue weighted by Gasteiger charge is -2.14. The van der Waals surface area contributed by atoms with Crippen molar-refractivity contribution in [2.45, 2.75) is 32.9 Å². The number of benzene rings is 2. The maximum atomic E-state index is 12.3. The van der Waals surface area contributed by atoms with Crippen molar-refractivity contribution in [3.63, 3.8) is 0 Å². The molecule has 3 rings (SSSR count). The lowest BCUT2D eigenvalue weighted by molar-refractivity contribution is -0.153. The molecule has 8 heteroatoms. The molecule has 0 aliphatic carbocycles. The summed E-state index contributed by atoms with van der Waals surface area (Å²) in [6, 6.07) is 14.2. The third kappa shape index (κ3) is 4.59. The van der Waals surface area contributed by atoms with Crippen molar-refractivity contribution in [2.75, 3.05) is 5.32 Å². The van der Waals surface area contributed by atoms with Crippen molar-refractivity contribution >= 4 is 28.5 Å². The van der Waals surface area contributed by atoms with Crippen molar-refractivity contribution in [3.05, 3.63) is 64.4 Å². The number of carbonyl (C=O) groups excluding carboxylic acids is 2. The zero-order valence-electron chi connectivity index (χ0n) is 15.6. The van der Waals surface area contributed by atoms with E-state index in [1.165, 1.54) is 6.92 Å². The standard InChI is InChI=1S/C20H20N4O4/c1-13-6-5-7-15(12-13)21-19(26)14(2)28-18(25)10-11-24-20(27)16-8-3-4-9-17(16)22-23-24/h3-9,12,14H,10-11H2,1-2H3,(H,21,26). The van der Waals surface area contributed by atoms with E-state index in [0.29, 0.717) is 16.6 Å². The van der Waals surface area contributed by atoms with Gasteiger partial charge in [-0.25, -0.2) is 4.68 Å². The van der Waals surface area contributed by atoms with Crippen LogP contribution in [0.5, 0.6) is 0 Å². The second-order valence-corrected chi connectivity index (χ2v) is 6.38. The first kappa shape index (κ1) is 19.2. The molecule has 0 radical (unpaired) electrons. The van der Waals surface area contributed by atoms with Crippen molar-refractivity contribution in [3.8, 4) is 0 Å². The number of aryl methyl sites for hydroxylation is 2. The minimum absolute atomic E-state index is 0.0156. The number of rotatable bonds is 6. The molecule has 0 saturated carbocycles. The Balaban J connectivity index is 1.56. The van der Waals surface area contributed by atoms with Crippen LogP contribution in [-0.2, 0) is 20.9 Å². The molecule has 0 bridgehead atoms. The van der Waals surface area contributed by atoms with E-state index in [4.69, 9.17) is 4.74 Å². The molecule has 2 aromatic carbocycles. The maximum Gasteiger partial charge on any atom is 0.308 e. The summed E-state index contributed by atoms with van der Waals surface area (Å²) in [6.07, 6.45) is -1.07. The lowest BCUT2D eigenvalue weighted by atomic mass is 10.2. The normalized spacial score (nSPS) is 11.8. The second kappa shape index (κ2) is 8.43. The molecule has 28 heavy (non-hydrogen) atoms. The molecule has 1 atom stereocenters. The first-order valence-corrected chi connectivity index (χ1v) is 8.83. The van der Waals surface area contributed by atoms with Gasteiger partial charge in [-0.3, -0.25) is 14.4 Å². The number of carbonyl (C=O) groups is 2. The Kier molecular flexibility index (Phi) is 5.78. The van der Waals surface area contributed by atoms with Crippen LogP contribution in [0, 0.1) is 6.92 Å². The van der Waals surface area contributed by atoms with Crippen molar-refractivity contribution < 1.29 is 14.3 Å². The molecule has 0 aliphatic rings. The summed E-state index contributed by atoms with van der Waals surface area (Å²) >= 11 is 0. The van der Waals surface area contributed by atoms with Gasteiger partial charge in [-0.2, -0.15) is 0 Å². The average molecular weight is 380 g/mol. The number of hydrogen-bond donors (Lipinski definition) is 1. The number of ether oxygens (including phenoxy) is 1. The van der Waals surface area contributed by atoms with Crippen LogP contribution in [0.25, 0.3) is 10.9 Å². The molecule has 1 N–H and O–H groups in total. The van der Waals surface area contributed by atoms with Gasteiger partial charge < -0.3 is 10.1 Å². The number of nitrogens with zero attached hydrogens (tertiary/aromatic N) is 3. The molecular weight excluding hydrogens is 360 g/mol. The lowest BCUT2D eigenvalue weighted by Crippen LogP contribution is -2.31. The topological polar surface area (TPSA) is 103 Å². The molecule has 0 aliphatic heterocycles. The highest BCUT2D eigenvalue weighted by Gasteiger charge is 2.18. The van der Waals surface area contributed by atoms with Crippen molar-refractivity contribution in [1.82, 2.24) is 15.0 Å². The summed E-state index contributed by atoms with van der Waals surface area (Å²) in [6.45, 7) is 3.42. The summed E-state index contributed by atoms with van der Waals surface area (Å²) in [4.78, 5) is 36.6. The Labute approximate surface area is 161 Å². The molecule has 1 heterocycles. The van der Waals surface area contributed by atoms with E-state index in [1.807, 2.05) is 25.1 Å². The Hall–Kier alpha value is -3.55. The van der Waals surface area contributed by atoms with E-state index in [1.54, 1.807) is 30.3 Å². The van der Waals surface area contributed by atoms with Gasteiger partial charge in [0.1, 0.15) is 5.52 Å². The number of nitrogens with one attached hydrogen (secondary N) is 1. The third-order valence-electron chi connectivity index (χ3n) is 4.12.